The number of halogens is 1. The van der Waals surface area contributed by atoms with Gasteiger partial charge < -0.3 is 24.6 Å². The van der Waals surface area contributed by atoms with Crippen molar-refractivity contribution >= 4 is 34.9 Å². The summed E-state index contributed by atoms with van der Waals surface area (Å²) in [6, 6.07) is 8.60. The molecule has 7 nitrogen and oxygen atoms in total. The van der Waals surface area contributed by atoms with Crippen molar-refractivity contribution in [2.45, 2.75) is 13.0 Å². The summed E-state index contributed by atoms with van der Waals surface area (Å²) in [5.74, 6) is 0.977. The highest BCUT2D eigenvalue weighted by molar-refractivity contribution is 7.16. The fraction of sp³-hybridized carbons (Fsp3) is 0.400. The standard InChI is InChI=1S/C20H24ClN3O4S/c1-13(17-6-7-18(21)29-17)22-20(26)24-10-8-23(9-11-24)19(25)15-5-4-14(27-2)12-16(15)28-3/h4-7,12-13H,8-11H2,1-3H3,(H,22,26). The maximum absolute atomic E-state index is 12.9. The van der Waals surface area contributed by atoms with E-state index in [1.54, 1.807) is 35.1 Å². The van der Waals surface area contributed by atoms with Gasteiger partial charge in [0.2, 0.25) is 0 Å². The Labute approximate surface area is 179 Å². The van der Waals surface area contributed by atoms with E-state index in [1.807, 2.05) is 19.1 Å². The quantitative estimate of drug-likeness (QED) is 0.775. The molecule has 0 spiro atoms. The molecule has 0 aliphatic carbocycles. The molecule has 9 heteroatoms. The van der Waals surface area contributed by atoms with Gasteiger partial charge >= 0.3 is 6.03 Å². The van der Waals surface area contributed by atoms with Crippen molar-refractivity contribution in [1.29, 1.82) is 0 Å². The number of rotatable bonds is 5. The average Bonchev–Trinajstić information content (AvgIpc) is 3.19. The average molecular weight is 438 g/mol. The smallest absolute Gasteiger partial charge is 0.318 e. The van der Waals surface area contributed by atoms with Crippen LogP contribution in [0.15, 0.2) is 30.3 Å². The third-order valence-electron chi connectivity index (χ3n) is 4.85. The molecule has 0 saturated carbocycles. The molecule has 0 radical (unpaired) electrons. The van der Waals surface area contributed by atoms with E-state index >= 15 is 0 Å². The van der Waals surface area contributed by atoms with Gasteiger partial charge in [0.05, 0.1) is 30.2 Å². The number of ether oxygens (including phenoxy) is 2. The minimum Gasteiger partial charge on any atom is -0.497 e. The Balaban J connectivity index is 1.57. The molecule has 1 fully saturated rings. The largest absolute Gasteiger partial charge is 0.497 e. The summed E-state index contributed by atoms with van der Waals surface area (Å²) in [6.45, 7) is 3.78. The van der Waals surface area contributed by atoms with Crippen LogP contribution in [0.4, 0.5) is 4.79 Å². The van der Waals surface area contributed by atoms with Crippen LogP contribution in [0.2, 0.25) is 4.34 Å². The normalized spacial score (nSPS) is 15.0. The molecule has 0 bridgehead atoms. The molecule has 3 amide bonds. The summed E-state index contributed by atoms with van der Waals surface area (Å²) < 4.78 is 11.2. The summed E-state index contributed by atoms with van der Waals surface area (Å²) in [5, 5.41) is 2.99. The Morgan fingerprint density at radius 2 is 1.76 bits per heavy atom. The number of nitrogens with one attached hydrogen (secondary N) is 1. The van der Waals surface area contributed by atoms with Gasteiger partial charge in [0.15, 0.2) is 0 Å². The molecule has 1 aromatic carbocycles. The predicted molar refractivity (Wildman–Crippen MR) is 113 cm³/mol. The van der Waals surface area contributed by atoms with Crippen LogP contribution in [-0.4, -0.2) is 62.1 Å². The fourth-order valence-corrected chi connectivity index (χ4v) is 4.23. The van der Waals surface area contributed by atoms with Crippen LogP contribution in [0, 0.1) is 0 Å². The van der Waals surface area contributed by atoms with Gasteiger partial charge in [0.1, 0.15) is 11.5 Å². The number of hydrogen-bond acceptors (Lipinski definition) is 5. The minimum atomic E-state index is -0.142. The van der Waals surface area contributed by atoms with Gasteiger partial charge in [-0.1, -0.05) is 11.6 Å². The Morgan fingerprint density at radius 3 is 2.34 bits per heavy atom. The van der Waals surface area contributed by atoms with Crippen LogP contribution in [0.3, 0.4) is 0 Å². The number of hydrogen-bond donors (Lipinski definition) is 1. The lowest BCUT2D eigenvalue weighted by Crippen LogP contribution is -2.53. The van der Waals surface area contributed by atoms with E-state index in [1.165, 1.54) is 18.4 Å². The first-order chi connectivity index (χ1) is 13.9. The zero-order valence-corrected chi connectivity index (χ0v) is 18.2. The molecule has 1 aromatic heterocycles. The Kier molecular flexibility index (Phi) is 6.87. The van der Waals surface area contributed by atoms with Crippen molar-refractivity contribution in [3.05, 3.63) is 45.1 Å². The molecular weight excluding hydrogens is 414 g/mol. The van der Waals surface area contributed by atoms with E-state index in [0.29, 0.717) is 47.6 Å². The second-order valence-electron chi connectivity index (χ2n) is 6.66. The van der Waals surface area contributed by atoms with Crippen molar-refractivity contribution in [1.82, 2.24) is 15.1 Å². The number of urea groups is 1. The fourth-order valence-electron chi connectivity index (χ4n) is 3.17. The third kappa shape index (κ3) is 4.94. The molecule has 1 aliphatic heterocycles. The molecule has 2 heterocycles. The van der Waals surface area contributed by atoms with Crippen molar-refractivity contribution in [3.63, 3.8) is 0 Å². The van der Waals surface area contributed by atoms with E-state index in [-0.39, 0.29) is 18.0 Å². The maximum atomic E-state index is 12.9. The summed E-state index contributed by atoms with van der Waals surface area (Å²) in [7, 11) is 3.09. The zero-order valence-electron chi connectivity index (χ0n) is 16.6. The second-order valence-corrected chi connectivity index (χ2v) is 8.41. The molecule has 1 aliphatic rings. The highest BCUT2D eigenvalue weighted by atomic mass is 35.5. The van der Waals surface area contributed by atoms with E-state index in [0.717, 1.165) is 4.88 Å². The van der Waals surface area contributed by atoms with Crippen LogP contribution in [-0.2, 0) is 0 Å². The zero-order chi connectivity index (χ0) is 21.0. The Hall–Kier alpha value is -2.45. The molecule has 3 rings (SSSR count). The predicted octanol–water partition coefficient (Wildman–Crippen LogP) is 3.65. The minimum absolute atomic E-state index is 0.119. The van der Waals surface area contributed by atoms with Gasteiger partial charge in [-0.2, -0.15) is 0 Å². The van der Waals surface area contributed by atoms with Crippen molar-refractivity contribution in [2.75, 3.05) is 40.4 Å². The lowest BCUT2D eigenvalue weighted by atomic mass is 10.1. The monoisotopic (exact) mass is 437 g/mol. The first-order valence-electron chi connectivity index (χ1n) is 9.25. The molecule has 1 N–H and O–H groups in total. The van der Waals surface area contributed by atoms with E-state index in [9.17, 15) is 9.59 Å². The van der Waals surface area contributed by atoms with Crippen molar-refractivity contribution < 1.29 is 19.1 Å². The first-order valence-corrected chi connectivity index (χ1v) is 10.4. The highest BCUT2D eigenvalue weighted by Crippen LogP contribution is 2.27. The van der Waals surface area contributed by atoms with Crippen LogP contribution in [0.5, 0.6) is 11.5 Å². The Bertz CT molecular complexity index is 880. The number of methoxy groups -OCH3 is 2. The van der Waals surface area contributed by atoms with Gasteiger partial charge in [-0.05, 0) is 31.2 Å². The second kappa shape index (κ2) is 9.37. The molecule has 1 saturated heterocycles. The van der Waals surface area contributed by atoms with Crippen LogP contribution >= 0.6 is 22.9 Å². The van der Waals surface area contributed by atoms with Gasteiger partial charge in [0, 0.05) is 37.1 Å². The number of benzene rings is 1. The molecule has 29 heavy (non-hydrogen) atoms. The number of carbonyl (C=O) groups excluding carboxylic acids is 2. The van der Waals surface area contributed by atoms with Crippen LogP contribution in [0.1, 0.15) is 28.2 Å². The number of thiophene rings is 1. The van der Waals surface area contributed by atoms with Crippen LogP contribution < -0.4 is 14.8 Å². The van der Waals surface area contributed by atoms with Crippen molar-refractivity contribution in [2.24, 2.45) is 0 Å². The first kappa shape index (κ1) is 21.3. The molecule has 1 atom stereocenters. The van der Waals surface area contributed by atoms with Gasteiger partial charge in [-0.3, -0.25) is 4.79 Å². The molecule has 1 unspecified atom stereocenters. The van der Waals surface area contributed by atoms with Gasteiger partial charge in [-0.25, -0.2) is 4.79 Å². The number of nitrogens with zero attached hydrogens (tertiary/aromatic N) is 2. The molecule has 2 aromatic rings. The lowest BCUT2D eigenvalue weighted by molar-refractivity contribution is 0.0660. The van der Waals surface area contributed by atoms with Gasteiger partial charge in [0.25, 0.3) is 5.91 Å². The SMILES string of the molecule is COc1ccc(C(=O)N2CCN(C(=O)NC(C)c3ccc(Cl)s3)CC2)c(OC)c1. The number of piperazine rings is 1. The highest BCUT2D eigenvalue weighted by Gasteiger charge is 2.27. The maximum Gasteiger partial charge on any atom is 0.318 e. The number of amides is 3. The third-order valence-corrected chi connectivity index (χ3v) is 6.27. The Morgan fingerprint density at radius 1 is 1.07 bits per heavy atom. The van der Waals surface area contributed by atoms with E-state index in [4.69, 9.17) is 21.1 Å². The van der Waals surface area contributed by atoms with E-state index < -0.39 is 0 Å². The summed E-state index contributed by atoms with van der Waals surface area (Å²) in [4.78, 5) is 29.9. The number of carbonyl (C=O) groups is 2. The van der Waals surface area contributed by atoms with E-state index in [2.05, 4.69) is 5.32 Å². The summed E-state index contributed by atoms with van der Waals surface area (Å²) in [5.41, 5.74) is 0.481. The topological polar surface area (TPSA) is 71.1 Å². The molecule has 156 valence electrons. The molecular formula is C20H24ClN3O4S. The summed E-state index contributed by atoms with van der Waals surface area (Å²) >= 11 is 7.42. The van der Waals surface area contributed by atoms with Crippen LogP contribution in [0.25, 0.3) is 0 Å². The van der Waals surface area contributed by atoms with Gasteiger partial charge in [-0.15, -0.1) is 11.3 Å². The lowest BCUT2D eigenvalue weighted by Gasteiger charge is -2.35. The summed E-state index contributed by atoms with van der Waals surface area (Å²) in [6.07, 6.45) is 0. The van der Waals surface area contributed by atoms with Crippen molar-refractivity contribution in [3.8, 4) is 11.5 Å².